The molecule has 8 heteroatoms. The number of amides is 1. The van der Waals surface area contributed by atoms with E-state index in [9.17, 15) is 4.79 Å². The van der Waals surface area contributed by atoms with Crippen molar-refractivity contribution in [3.8, 4) is 5.75 Å². The number of benzene rings is 1. The molecule has 1 aromatic carbocycles. The quantitative estimate of drug-likeness (QED) is 0.258. The van der Waals surface area contributed by atoms with Gasteiger partial charge in [0, 0.05) is 35.5 Å². The third kappa shape index (κ3) is 8.85. The monoisotopic (exact) mass is 530 g/mol. The van der Waals surface area contributed by atoms with Crippen LogP contribution in [0.2, 0.25) is 10.0 Å². The van der Waals surface area contributed by atoms with Gasteiger partial charge in [-0.15, -0.1) is 0 Å². The molecule has 5 nitrogen and oxygen atoms in total. The SMILES string of the molecule is C=CCOc1cc(Cl)c(Cl)cc1C(NSC(C)(C)CC)C1CCCN(C(=O)OC(C)(C)C)CC1. The Bertz CT molecular complexity index is 842. The van der Waals surface area contributed by atoms with Crippen molar-refractivity contribution >= 4 is 41.2 Å². The van der Waals surface area contributed by atoms with Crippen LogP contribution in [0.3, 0.4) is 0 Å². The lowest BCUT2D eigenvalue weighted by atomic mass is 9.87. The zero-order chi connectivity index (χ0) is 25.5. The van der Waals surface area contributed by atoms with Crippen molar-refractivity contribution < 1.29 is 14.3 Å². The number of ether oxygens (including phenoxy) is 2. The smallest absolute Gasteiger partial charge is 0.410 e. The van der Waals surface area contributed by atoms with Gasteiger partial charge in [0.25, 0.3) is 0 Å². The number of likely N-dealkylation sites (tertiary alicyclic amines) is 1. The van der Waals surface area contributed by atoms with E-state index in [2.05, 4.69) is 32.1 Å². The number of halogens is 2. The third-order valence-corrected chi connectivity index (χ3v) is 7.89. The fourth-order valence-electron chi connectivity index (χ4n) is 3.73. The van der Waals surface area contributed by atoms with Gasteiger partial charge in [-0.3, -0.25) is 4.72 Å². The van der Waals surface area contributed by atoms with E-state index in [4.69, 9.17) is 32.7 Å². The summed E-state index contributed by atoms with van der Waals surface area (Å²) in [7, 11) is 0. The Kier molecular flexibility index (Phi) is 10.9. The lowest BCUT2D eigenvalue weighted by molar-refractivity contribution is 0.0254. The van der Waals surface area contributed by atoms with Gasteiger partial charge in [-0.25, -0.2) is 4.79 Å². The first kappa shape index (κ1) is 29.2. The molecule has 1 saturated heterocycles. The van der Waals surface area contributed by atoms with Gasteiger partial charge >= 0.3 is 6.09 Å². The molecule has 0 radical (unpaired) electrons. The minimum atomic E-state index is -0.507. The molecular weight excluding hydrogens is 491 g/mol. The molecule has 1 heterocycles. The molecule has 0 spiro atoms. The molecule has 1 aromatic rings. The topological polar surface area (TPSA) is 50.8 Å². The van der Waals surface area contributed by atoms with Gasteiger partial charge in [-0.05, 0) is 72.3 Å². The number of carbonyl (C=O) groups is 1. The lowest BCUT2D eigenvalue weighted by Crippen LogP contribution is -2.37. The Morgan fingerprint density at radius 3 is 2.53 bits per heavy atom. The highest BCUT2D eigenvalue weighted by molar-refractivity contribution is 7.98. The molecule has 2 atom stereocenters. The molecule has 1 N–H and O–H groups in total. The summed E-state index contributed by atoms with van der Waals surface area (Å²) in [6.07, 6.45) is 5.19. The van der Waals surface area contributed by atoms with Crippen molar-refractivity contribution in [1.82, 2.24) is 9.62 Å². The van der Waals surface area contributed by atoms with Crippen LogP contribution >= 0.6 is 35.1 Å². The Balaban J connectivity index is 2.34. The molecule has 2 unspecified atom stereocenters. The van der Waals surface area contributed by atoms with Gasteiger partial charge in [0.2, 0.25) is 0 Å². The first-order valence-corrected chi connectivity index (χ1v) is 13.6. The van der Waals surface area contributed by atoms with Crippen molar-refractivity contribution in [3.63, 3.8) is 0 Å². The summed E-state index contributed by atoms with van der Waals surface area (Å²) in [4.78, 5) is 14.5. The standard InChI is InChI=1S/C26H40Cl2N2O3S/c1-8-15-32-22-17-21(28)20(27)16-19(22)23(29-34-26(6,7)9-2)18-11-10-13-30(14-12-18)24(31)33-25(3,4)5/h8,16-18,23,29H,1,9-15H2,2-7H3. The van der Waals surface area contributed by atoms with Crippen molar-refractivity contribution in [2.45, 2.75) is 83.6 Å². The number of hydrogen-bond acceptors (Lipinski definition) is 5. The zero-order valence-corrected chi connectivity index (χ0v) is 23.7. The van der Waals surface area contributed by atoms with Crippen molar-refractivity contribution in [1.29, 1.82) is 0 Å². The largest absolute Gasteiger partial charge is 0.489 e. The molecule has 1 aliphatic heterocycles. The van der Waals surface area contributed by atoms with E-state index < -0.39 is 5.60 Å². The third-order valence-electron chi connectivity index (χ3n) is 5.95. The summed E-state index contributed by atoms with van der Waals surface area (Å²) in [6, 6.07) is 3.68. The van der Waals surface area contributed by atoms with E-state index in [0.29, 0.717) is 35.5 Å². The summed E-state index contributed by atoms with van der Waals surface area (Å²) in [5, 5.41) is 0.958. The van der Waals surface area contributed by atoms with Crippen molar-refractivity contribution in [2.75, 3.05) is 19.7 Å². The molecule has 0 saturated carbocycles. The van der Waals surface area contributed by atoms with Crippen LogP contribution in [-0.2, 0) is 4.74 Å². The molecule has 0 aliphatic carbocycles. The van der Waals surface area contributed by atoms with E-state index in [1.54, 1.807) is 24.1 Å². The minimum Gasteiger partial charge on any atom is -0.489 e. The molecule has 2 rings (SSSR count). The average Bonchev–Trinajstić information content (AvgIpc) is 3.00. The van der Waals surface area contributed by atoms with E-state index in [0.717, 1.165) is 31.2 Å². The fourth-order valence-corrected chi connectivity index (χ4v) is 4.97. The Hall–Kier alpha value is -1.08. The second-order valence-corrected chi connectivity index (χ2v) is 12.7. The molecule has 1 aliphatic rings. The van der Waals surface area contributed by atoms with Crippen LogP contribution in [-0.4, -0.2) is 41.0 Å². The van der Waals surface area contributed by atoms with Gasteiger partial charge in [0.1, 0.15) is 18.0 Å². The maximum atomic E-state index is 12.7. The molecule has 1 fully saturated rings. The van der Waals surface area contributed by atoms with E-state index in [1.807, 2.05) is 31.7 Å². The zero-order valence-electron chi connectivity index (χ0n) is 21.4. The van der Waals surface area contributed by atoms with Gasteiger partial charge in [-0.1, -0.05) is 54.7 Å². The number of nitrogens with one attached hydrogen (secondary N) is 1. The van der Waals surface area contributed by atoms with E-state index in [-0.39, 0.29) is 22.8 Å². The molecule has 34 heavy (non-hydrogen) atoms. The van der Waals surface area contributed by atoms with E-state index >= 15 is 0 Å². The second kappa shape index (κ2) is 12.8. The first-order chi connectivity index (χ1) is 15.9. The normalized spacial score (nSPS) is 18.2. The van der Waals surface area contributed by atoms with Crippen LogP contribution in [0.1, 0.15) is 78.8 Å². The number of rotatable bonds is 9. The second-order valence-electron chi connectivity index (χ2n) is 10.4. The molecular formula is C26H40Cl2N2O3S. The molecule has 0 aromatic heterocycles. The minimum absolute atomic E-state index is 0.0241. The Morgan fingerprint density at radius 2 is 1.91 bits per heavy atom. The van der Waals surface area contributed by atoms with Gasteiger partial charge in [0.05, 0.1) is 10.0 Å². The summed E-state index contributed by atoms with van der Waals surface area (Å²) in [5.41, 5.74) is 0.471. The van der Waals surface area contributed by atoms with Crippen LogP contribution in [0, 0.1) is 5.92 Å². The fraction of sp³-hybridized carbons (Fsp3) is 0.654. The summed E-state index contributed by atoms with van der Waals surface area (Å²) >= 11 is 14.5. The van der Waals surface area contributed by atoms with Crippen LogP contribution < -0.4 is 9.46 Å². The van der Waals surface area contributed by atoms with Crippen LogP contribution in [0.25, 0.3) is 0 Å². The van der Waals surface area contributed by atoms with Gasteiger partial charge < -0.3 is 14.4 Å². The van der Waals surface area contributed by atoms with Crippen molar-refractivity contribution in [3.05, 3.63) is 40.4 Å². The maximum Gasteiger partial charge on any atom is 0.410 e. The average molecular weight is 532 g/mol. The molecule has 0 bridgehead atoms. The highest BCUT2D eigenvalue weighted by Gasteiger charge is 2.32. The number of nitrogens with zero attached hydrogens (tertiary/aromatic N) is 1. The maximum absolute atomic E-state index is 12.7. The predicted molar refractivity (Wildman–Crippen MR) is 145 cm³/mol. The van der Waals surface area contributed by atoms with Crippen LogP contribution in [0.4, 0.5) is 4.79 Å². The van der Waals surface area contributed by atoms with Gasteiger partial charge in [0.15, 0.2) is 0 Å². The van der Waals surface area contributed by atoms with Crippen LogP contribution in [0.5, 0.6) is 5.75 Å². The Morgan fingerprint density at radius 1 is 1.24 bits per heavy atom. The molecule has 192 valence electrons. The summed E-state index contributed by atoms with van der Waals surface area (Å²) in [6.45, 7) is 17.8. The molecule has 1 amide bonds. The highest BCUT2D eigenvalue weighted by Crippen LogP contribution is 2.42. The first-order valence-electron chi connectivity index (χ1n) is 12.0. The number of hydrogen-bond donors (Lipinski definition) is 1. The summed E-state index contributed by atoms with van der Waals surface area (Å²) in [5.74, 6) is 0.978. The number of carbonyl (C=O) groups excluding carboxylic acids is 1. The van der Waals surface area contributed by atoms with Crippen LogP contribution in [0.15, 0.2) is 24.8 Å². The Labute approximate surface area is 220 Å². The van der Waals surface area contributed by atoms with Gasteiger partial charge in [-0.2, -0.15) is 0 Å². The predicted octanol–water partition coefficient (Wildman–Crippen LogP) is 8.06. The highest BCUT2D eigenvalue weighted by atomic mass is 35.5. The summed E-state index contributed by atoms with van der Waals surface area (Å²) < 4.78 is 15.4. The van der Waals surface area contributed by atoms with E-state index in [1.165, 1.54) is 0 Å². The lowest BCUT2D eigenvalue weighted by Gasteiger charge is -2.32. The van der Waals surface area contributed by atoms with Crippen molar-refractivity contribution in [2.24, 2.45) is 5.92 Å².